The van der Waals surface area contributed by atoms with Gasteiger partial charge in [-0.15, -0.1) is 0 Å². The van der Waals surface area contributed by atoms with Crippen LogP contribution in [0.5, 0.6) is 0 Å². The van der Waals surface area contributed by atoms with Crippen LogP contribution in [0.1, 0.15) is 19.8 Å². The van der Waals surface area contributed by atoms with Gasteiger partial charge in [0.2, 0.25) is 5.91 Å². The van der Waals surface area contributed by atoms with Gasteiger partial charge in [-0.2, -0.15) is 0 Å². The van der Waals surface area contributed by atoms with Crippen molar-refractivity contribution in [3.63, 3.8) is 0 Å². The zero-order chi connectivity index (χ0) is 9.59. The monoisotopic (exact) mass is 186 g/mol. The Bertz CT molecular complexity index is 232. The summed E-state index contributed by atoms with van der Waals surface area (Å²) >= 11 is 0. The summed E-state index contributed by atoms with van der Waals surface area (Å²) in [6.45, 7) is 1.64. The smallest absolute Gasteiger partial charge is 0.236 e. The summed E-state index contributed by atoms with van der Waals surface area (Å²) < 4.78 is 12.9. The number of rotatable bonds is 2. The van der Waals surface area contributed by atoms with Crippen LogP contribution < -0.4 is 11.1 Å². The molecule has 0 radical (unpaired) electrons. The summed E-state index contributed by atoms with van der Waals surface area (Å²) in [5, 5.41) is 2.80. The molecule has 0 spiro atoms. The van der Waals surface area contributed by atoms with Crippen molar-refractivity contribution in [2.45, 2.75) is 38.0 Å². The van der Waals surface area contributed by atoms with Crippen LogP contribution in [0.15, 0.2) is 0 Å². The molecular weight excluding hydrogens is 171 g/mol. The second-order valence-electron chi connectivity index (χ2n) is 4.17. The highest BCUT2D eigenvalue weighted by Gasteiger charge is 2.59. The average molecular weight is 186 g/mol. The Morgan fingerprint density at radius 1 is 1.62 bits per heavy atom. The number of hydrogen-bond donors (Lipinski definition) is 2. The van der Waals surface area contributed by atoms with E-state index in [1.165, 1.54) is 0 Å². The molecule has 0 aromatic heterocycles. The minimum Gasteiger partial charge on any atom is -0.352 e. The largest absolute Gasteiger partial charge is 0.352 e. The van der Waals surface area contributed by atoms with Gasteiger partial charge >= 0.3 is 0 Å². The number of fused-ring (bicyclic) bond motifs is 1. The minimum absolute atomic E-state index is 0.0403. The van der Waals surface area contributed by atoms with Gasteiger partial charge in [0.1, 0.15) is 6.17 Å². The molecule has 0 aromatic rings. The summed E-state index contributed by atoms with van der Waals surface area (Å²) in [4.78, 5) is 11.2. The molecule has 5 atom stereocenters. The Kier molecular flexibility index (Phi) is 2.02. The molecule has 3 nitrogen and oxygen atoms in total. The van der Waals surface area contributed by atoms with Crippen molar-refractivity contribution >= 4 is 5.91 Å². The number of nitrogens with one attached hydrogen (secondary N) is 1. The molecule has 2 fully saturated rings. The van der Waals surface area contributed by atoms with Gasteiger partial charge in [-0.1, -0.05) is 0 Å². The van der Waals surface area contributed by atoms with Crippen LogP contribution in [0.3, 0.4) is 0 Å². The average Bonchev–Trinajstić information content (AvgIpc) is 2.55. The van der Waals surface area contributed by atoms with Crippen LogP contribution in [-0.4, -0.2) is 24.2 Å². The maximum absolute atomic E-state index is 12.9. The first kappa shape index (κ1) is 8.94. The molecule has 0 unspecified atom stereocenters. The number of carbonyl (C=O) groups is 1. The predicted octanol–water partition coefficient (Wildman–Crippen LogP) is 0.196. The van der Waals surface area contributed by atoms with Crippen molar-refractivity contribution in [3.05, 3.63) is 0 Å². The molecule has 0 heterocycles. The lowest BCUT2D eigenvalue weighted by atomic mass is 10.1. The zero-order valence-corrected chi connectivity index (χ0v) is 7.66. The van der Waals surface area contributed by atoms with E-state index >= 15 is 0 Å². The Labute approximate surface area is 76.9 Å². The normalized spacial score (nSPS) is 43.9. The molecule has 2 aliphatic carbocycles. The maximum Gasteiger partial charge on any atom is 0.236 e. The highest BCUT2D eigenvalue weighted by atomic mass is 19.1. The van der Waals surface area contributed by atoms with Crippen LogP contribution in [0.2, 0.25) is 0 Å². The number of halogens is 1. The molecule has 2 aliphatic rings. The Hall–Kier alpha value is -0.640. The van der Waals surface area contributed by atoms with E-state index in [1.54, 1.807) is 6.92 Å². The summed E-state index contributed by atoms with van der Waals surface area (Å²) in [6.07, 6.45) is 1.15. The molecule has 0 saturated heterocycles. The molecule has 74 valence electrons. The highest BCUT2D eigenvalue weighted by molar-refractivity contribution is 5.81. The van der Waals surface area contributed by atoms with E-state index in [4.69, 9.17) is 5.73 Å². The molecule has 4 heteroatoms. The van der Waals surface area contributed by atoms with Crippen LogP contribution in [0.4, 0.5) is 4.39 Å². The van der Waals surface area contributed by atoms with Gasteiger partial charge in [0.05, 0.1) is 6.04 Å². The Morgan fingerprint density at radius 3 is 2.77 bits per heavy atom. The van der Waals surface area contributed by atoms with Gasteiger partial charge in [0, 0.05) is 12.0 Å². The molecule has 13 heavy (non-hydrogen) atoms. The molecule has 2 rings (SSSR count). The first-order chi connectivity index (χ1) is 6.11. The van der Waals surface area contributed by atoms with Crippen LogP contribution in [0.25, 0.3) is 0 Å². The second-order valence-corrected chi connectivity index (χ2v) is 4.17. The zero-order valence-electron chi connectivity index (χ0n) is 7.66. The molecule has 0 bridgehead atoms. The van der Waals surface area contributed by atoms with Gasteiger partial charge in [-0.3, -0.25) is 4.79 Å². The van der Waals surface area contributed by atoms with Gasteiger partial charge in [0.15, 0.2) is 0 Å². The van der Waals surface area contributed by atoms with Gasteiger partial charge in [-0.05, 0) is 25.7 Å². The molecule has 3 N–H and O–H groups in total. The van der Waals surface area contributed by atoms with E-state index in [2.05, 4.69) is 5.32 Å². The summed E-state index contributed by atoms with van der Waals surface area (Å²) in [5.41, 5.74) is 5.40. The van der Waals surface area contributed by atoms with Crippen LogP contribution in [-0.2, 0) is 4.79 Å². The molecular formula is C9H15FN2O. The van der Waals surface area contributed by atoms with Gasteiger partial charge in [0.25, 0.3) is 0 Å². The molecule has 2 saturated carbocycles. The molecule has 0 aromatic carbocycles. The fourth-order valence-corrected chi connectivity index (χ4v) is 2.28. The first-order valence-electron chi connectivity index (χ1n) is 4.81. The SMILES string of the molecule is C[C@@H](N)C(=O)N[C@@H]1CC[C@@H]2[C@H](F)[C@@H]21. The van der Waals surface area contributed by atoms with E-state index in [9.17, 15) is 9.18 Å². The standard InChI is InChI=1S/C9H15FN2O/c1-4(11)9(13)12-6-3-2-5-7(6)8(5)10/h4-8H,2-3,11H2,1H3,(H,12,13)/t4-,5+,6-,7+,8+/m1/s1. The second kappa shape index (κ2) is 2.94. The quantitative estimate of drug-likeness (QED) is 0.647. The fraction of sp³-hybridized carbons (Fsp3) is 0.889. The number of hydrogen-bond acceptors (Lipinski definition) is 2. The lowest BCUT2D eigenvalue weighted by Gasteiger charge is -2.16. The van der Waals surface area contributed by atoms with Crippen LogP contribution >= 0.6 is 0 Å². The lowest BCUT2D eigenvalue weighted by Crippen LogP contribution is -2.44. The Balaban J connectivity index is 1.86. The molecule has 0 aliphatic heterocycles. The number of carbonyl (C=O) groups excluding carboxylic acids is 1. The van der Waals surface area contributed by atoms with E-state index in [1.807, 2.05) is 0 Å². The van der Waals surface area contributed by atoms with Gasteiger partial charge < -0.3 is 11.1 Å². The Morgan fingerprint density at radius 2 is 2.31 bits per heavy atom. The maximum atomic E-state index is 12.9. The summed E-state index contributed by atoms with van der Waals surface area (Å²) in [5.74, 6) is 0.144. The van der Waals surface area contributed by atoms with E-state index in [0.29, 0.717) is 0 Å². The molecule has 1 amide bonds. The van der Waals surface area contributed by atoms with Crippen molar-refractivity contribution < 1.29 is 9.18 Å². The predicted molar refractivity (Wildman–Crippen MR) is 46.7 cm³/mol. The van der Waals surface area contributed by atoms with Crippen molar-refractivity contribution in [1.82, 2.24) is 5.32 Å². The van der Waals surface area contributed by atoms with Crippen molar-refractivity contribution in [2.75, 3.05) is 0 Å². The van der Waals surface area contributed by atoms with Crippen LogP contribution in [0, 0.1) is 11.8 Å². The topological polar surface area (TPSA) is 55.1 Å². The highest BCUT2D eigenvalue weighted by Crippen LogP contribution is 2.54. The van der Waals surface area contributed by atoms with E-state index in [-0.39, 0.29) is 23.8 Å². The first-order valence-corrected chi connectivity index (χ1v) is 4.81. The van der Waals surface area contributed by atoms with E-state index < -0.39 is 12.2 Å². The number of amides is 1. The van der Waals surface area contributed by atoms with Crippen molar-refractivity contribution in [2.24, 2.45) is 17.6 Å². The third kappa shape index (κ3) is 1.43. The third-order valence-electron chi connectivity index (χ3n) is 3.15. The van der Waals surface area contributed by atoms with Crippen molar-refractivity contribution in [3.8, 4) is 0 Å². The van der Waals surface area contributed by atoms with Gasteiger partial charge in [-0.25, -0.2) is 4.39 Å². The number of nitrogens with two attached hydrogens (primary N) is 1. The van der Waals surface area contributed by atoms with Crippen molar-refractivity contribution in [1.29, 1.82) is 0 Å². The third-order valence-corrected chi connectivity index (χ3v) is 3.15. The fourth-order valence-electron chi connectivity index (χ4n) is 2.28. The lowest BCUT2D eigenvalue weighted by molar-refractivity contribution is -0.122. The summed E-state index contributed by atoms with van der Waals surface area (Å²) in [6, 6.07) is -0.450. The van der Waals surface area contributed by atoms with E-state index in [0.717, 1.165) is 12.8 Å². The minimum atomic E-state index is -0.674. The summed E-state index contributed by atoms with van der Waals surface area (Å²) in [7, 11) is 0. The number of alkyl halides is 1.